The number of amides is 1. The lowest BCUT2D eigenvalue weighted by Gasteiger charge is -2.35. The Morgan fingerprint density at radius 2 is 1.89 bits per heavy atom. The minimum Gasteiger partial charge on any atom is -0.348 e. The van der Waals surface area contributed by atoms with Gasteiger partial charge in [-0.2, -0.15) is 0 Å². The van der Waals surface area contributed by atoms with E-state index in [0.717, 1.165) is 26.2 Å². The number of likely N-dealkylation sites (N-methyl/N-ethyl adjacent to an activating group) is 1. The zero-order valence-corrected chi connectivity index (χ0v) is 17.1. The van der Waals surface area contributed by atoms with Gasteiger partial charge in [0.2, 0.25) is 5.91 Å². The van der Waals surface area contributed by atoms with Crippen molar-refractivity contribution in [3.8, 4) is 10.4 Å². The molecule has 4 heterocycles. The van der Waals surface area contributed by atoms with Crippen LogP contribution in [-0.4, -0.2) is 66.9 Å². The largest absolute Gasteiger partial charge is 0.348 e. The molecule has 3 fully saturated rings. The van der Waals surface area contributed by atoms with Crippen molar-refractivity contribution in [3.63, 3.8) is 0 Å². The van der Waals surface area contributed by atoms with E-state index in [0.29, 0.717) is 18.5 Å². The van der Waals surface area contributed by atoms with E-state index >= 15 is 0 Å². The summed E-state index contributed by atoms with van der Waals surface area (Å²) < 4.78 is 0. The molecule has 5 rings (SSSR count). The molecule has 2 atom stereocenters. The molecule has 27 heavy (non-hydrogen) atoms. The molecule has 0 radical (unpaired) electrons. The number of nitrogens with zero attached hydrogens (tertiary/aromatic N) is 3. The molecule has 144 valence electrons. The van der Waals surface area contributed by atoms with E-state index in [1.165, 1.54) is 28.2 Å². The third-order valence-corrected chi connectivity index (χ3v) is 6.96. The Balaban J connectivity index is 1.42. The summed E-state index contributed by atoms with van der Waals surface area (Å²) in [6.07, 6.45) is 2.56. The van der Waals surface area contributed by atoms with E-state index < -0.39 is 0 Å². The molecular weight excluding hydrogens is 354 g/mol. The lowest BCUT2D eigenvalue weighted by Crippen LogP contribution is -2.44. The SMILES string of the molecule is CN(C)C(=O)CN1CC2CCC(C1)N(Cc1ccc(-c3ccccc3)s1)C2. The maximum absolute atomic E-state index is 12.1. The first kappa shape index (κ1) is 18.7. The van der Waals surface area contributed by atoms with Crippen LogP contribution in [0.25, 0.3) is 10.4 Å². The van der Waals surface area contributed by atoms with Crippen molar-refractivity contribution >= 4 is 17.2 Å². The van der Waals surface area contributed by atoms with Gasteiger partial charge in [-0.15, -0.1) is 11.3 Å². The fraction of sp³-hybridized carbons (Fsp3) is 0.500. The highest BCUT2D eigenvalue weighted by Crippen LogP contribution is 2.33. The molecule has 1 aromatic heterocycles. The number of rotatable bonds is 5. The van der Waals surface area contributed by atoms with Crippen LogP contribution >= 0.6 is 11.3 Å². The summed E-state index contributed by atoms with van der Waals surface area (Å²) in [6, 6.07) is 15.8. The number of fused-ring (bicyclic) bond motifs is 4. The molecule has 1 amide bonds. The molecule has 3 saturated heterocycles. The summed E-state index contributed by atoms with van der Waals surface area (Å²) in [5, 5.41) is 0. The van der Waals surface area contributed by atoms with Gasteiger partial charge >= 0.3 is 0 Å². The van der Waals surface area contributed by atoms with E-state index in [1.807, 2.05) is 25.4 Å². The van der Waals surface area contributed by atoms with Crippen molar-refractivity contribution in [3.05, 3.63) is 47.3 Å². The third kappa shape index (κ3) is 4.42. The molecule has 3 aliphatic rings. The monoisotopic (exact) mass is 383 g/mol. The number of hydrogen-bond acceptors (Lipinski definition) is 4. The zero-order valence-electron chi connectivity index (χ0n) is 16.3. The molecule has 1 aromatic carbocycles. The van der Waals surface area contributed by atoms with Crippen LogP contribution in [0.15, 0.2) is 42.5 Å². The highest BCUT2D eigenvalue weighted by molar-refractivity contribution is 7.15. The molecule has 0 saturated carbocycles. The molecule has 0 spiro atoms. The van der Waals surface area contributed by atoms with Gasteiger partial charge in [-0.3, -0.25) is 14.6 Å². The highest BCUT2D eigenvalue weighted by atomic mass is 32.1. The van der Waals surface area contributed by atoms with Crippen molar-refractivity contribution in [2.45, 2.75) is 25.4 Å². The van der Waals surface area contributed by atoms with Crippen molar-refractivity contribution in [1.82, 2.24) is 14.7 Å². The van der Waals surface area contributed by atoms with Crippen LogP contribution in [0.2, 0.25) is 0 Å². The summed E-state index contributed by atoms with van der Waals surface area (Å²) in [7, 11) is 3.70. The van der Waals surface area contributed by atoms with Crippen molar-refractivity contribution in [1.29, 1.82) is 0 Å². The number of carbonyl (C=O) groups is 1. The quantitative estimate of drug-likeness (QED) is 0.792. The third-order valence-electron chi connectivity index (χ3n) is 5.84. The first-order valence-electron chi connectivity index (χ1n) is 9.89. The molecular formula is C22H29N3OS. The zero-order chi connectivity index (χ0) is 18.8. The van der Waals surface area contributed by atoms with E-state index in [9.17, 15) is 4.79 Å². The Hall–Kier alpha value is -1.69. The van der Waals surface area contributed by atoms with Crippen LogP contribution in [0.5, 0.6) is 0 Å². The lowest BCUT2D eigenvalue weighted by molar-refractivity contribution is -0.130. The van der Waals surface area contributed by atoms with Gasteiger partial charge in [0.1, 0.15) is 0 Å². The van der Waals surface area contributed by atoms with Crippen LogP contribution in [0, 0.1) is 5.92 Å². The van der Waals surface area contributed by atoms with Gasteiger partial charge in [0.15, 0.2) is 0 Å². The maximum atomic E-state index is 12.1. The normalized spacial score (nSPS) is 23.3. The number of carbonyl (C=O) groups excluding carboxylic acids is 1. The number of thiophene rings is 1. The average molecular weight is 384 g/mol. The molecule has 2 unspecified atom stereocenters. The number of benzene rings is 1. The van der Waals surface area contributed by atoms with Crippen LogP contribution < -0.4 is 0 Å². The molecule has 0 aliphatic carbocycles. The molecule has 5 heteroatoms. The Kier molecular flexibility index (Phi) is 5.62. The van der Waals surface area contributed by atoms with Gasteiger partial charge in [-0.25, -0.2) is 0 Å². The van der Waals surface area contributed by atoms with Gasteiger partial charge < -0.3 is 4.90 Å². The van der Waals surface area contributed by atoms with Gasteiger partial charge in [-0.1, -0.05) is 30.3 Å². The summed E-state index contributed by atoms with van der Waals surface area (Å²) in [5.41, 5.74) is 1.31. The summed E-state index contributed by atoms with van der Waals surface area (Å²) >= 11 is 1.91. The summed E-state index contributed by atoms with van der Waals surface area (Å²) in [5.74, 6) is 0.904. The minimum atomic E-state index is 0.216. The number of hydrogen-bond donors (Lipinski definition) is 0. The van der Waals surface area contributed by atoms with Gasteiger partial charge in [0, 0.05) is 56.1 Å². The second-order valence-corrected chi connectivity index (χ2v) is 9.31. The van der Waals surface area contributed by atoms with E-state index in [1.54, 1.807) is 4.90 Å². The topological polar surface area (TPSA) is 26.8 Å². The standard InChI is InChI=1S/C22H29N3OS/c1-23(2)22(26)16-24-12-17-8-9-19(14-24)25(13-17)15-20-10-11-21(27-20)18-6-4-3-5-7-18/h3-7,10-11,17,19H,8-9,12-16H2,1-2H3. The smallest absolute Gasteiger partial charge is 0.236 e. The second-order valence-electron chi connectivity index (χ2n) is 8.14. The van der Waals surface area contributed by atoms with Crippen LogP contribution in [0.4, 0.5) is 0 Å². The van der Waals surface area contributed by atoms with Crippen LogP contribution in [-0.2, 0) is 11.3 Å². The van der Waals surface area contributed by atoms with E-state index in [-0.39, 0.29) is 5.91 Å². The van der Waals surface area contributed by atoms with Crippen LogP contribution in [0.1, 0.15) is 17.7 Å². The molecule has 2 aromatic rings. The minimum absolute atomic E-state index is 0.216. The predicted molar refractivity (Wildman–Crippen MR) is 112 cm³/mol. The molecule has 3 aliphatic heterocycles. The fourth-order valence-electron chi connectivity index (χ4n) is 4.35. The number of piperidine rings is 1. The summed E-state index contributed by atoms with van der Waals surface area (Å²) in [6.45, 7) is 4.84. The van der Waals surface area contributed by atoms with Crippen LogP contribution in [0.3, 0.4) is 0 Å². The first-order valence-corrected chi connectivity index (χ1v) is 10.7. The van der Waals surface area contributed by atoms with Gasteiger partial charge in [-0.05, 0) is 36.5 Å². The molecule has 0 N–H and O–H groups in total. The fourth-order valence-corrected chi connectivity index (χ4v) is 5.39. The van der Waals surface area contributed by atoms with Gasteiger partial charge in [0.25, 0.3) is 0 Å². The van der Waals surface area contributed by atoms with E-state index in [2.05, 4.69) is 52.3 Å². The Bertz CT molecular complexity index is 773. The Labute approximate surface area is 166 Å². The second kappa shape index (κ2) is 8.13. The average Bonchev–Trinajstić information content (AvgIpc) is 2.96. The predicted octanol–water partition coefficient (Wildman–Crippen LogP) is 3.40. The van der Waals surface area contributed by atoms with Crippen molar-refractivity contribution in [2.75, 3.05) is 40.3 Å². The van der Waals surface area contributed by atoms with Gasteiger partial charge in [0.05, 0.1) is 6.54 Å². The first-order chi connectivity index (χ1) is 13.1. The van der Waals surface area contributed by atoms with Crippen molar-refractivity contribution < 1.29 is 4.79 Å². The van der Waals surface area contributed by atoms with Crippen molar-refractivity contribution in [2.24, 2.45) is 5.92 Å². The maximum Gasteiger partial charge on any atom is 0.236 e. The lowest BCUT2D eigenvalue weighted by atomic mass is 9.95. The highest BCUT2D eigenvalue weighted by Gasteiger charge is 2.35. The Morgan fingerprint density at radius 3 is 2.67 bits per heavy atom. The van der Waals surface area contributed by atoms with E-state index in [4.69, 9.17) is 0 Å². The Morgan fingerprint density at radius 1 is 1.07 bits per heavy atom. The molecule has 2 bridgehead atoms. The molecule has 4 nitrogen and oxygen atoms in total. The summed E-state index contributed by atoms with van der Waals surface area (Å²) in [4.78, 5) is 21.7.